The van der Waals surface area contributed by atoms with Crippen LogP contribution in [0.25, 0.3) is 0 Å². The van der Waals surface area contributed by atoms with Crippen molar-refractivity contribution >= 4 is 11.9 Å². The van der Waals surface area contributed by atoms with Gasteiger partial charge >= 0.3 is 5.97 Å². The van der Waals surface area contributed by atoms with Crippen LogP contribution in [0.15, 0.2) is 0 Å². The Morgan fingerprint density at radius 3 is 2.23 bits per heavy atom. The monoisotopic (exact) mass is 366 g/mol. The minimum atomic E-state index is -0.920. The zero-order chi connectivity index (χ0) is 19.3. The minimum Gasteiger partial charge on any atom is -0.480 e. The molecule has 0 aromatic carbocycles. The second-order valence-corrected chi connectivity index (χ2v) is 9.51. The van der Waals surface area contributed by atoms with Gasteiger partial charge in [0.1, 0.15) is 6.54 Å². The largest absolute Gasteiger partial charge is 0.480 e. The molecule has 0 bridgehead atoms. The Morgan fingerprint density at radius 1 is 1.04 bits per heavy atom. The number of carbonyl (C=O) groups is 2. The van der Waals surface area contributed by atoms with E-state index in [0.717, 1.165) is 44.2 Å². The molecule has 0 aromatic heterocycles. The Morgan fingerprint density at radius 2 is 1.69 bits per heavy atom. The van der Waals surface area contributed by atoms with Gasteiger partial charge < -0.3 is 14.9 Å². The summed E-state index contributed by atoms with van der Waals surface area (Å²) in [5, 5.41) is 9.08. The molecule has 1 N–H and O–H groups in total. The molecule has 150 valence electrons. The second-order valence-electron chi connectivity index (χ2n) is 9.51. The summed E-state index contributed by atoms with van der Waals surface area (Å²) in [6.07, 6.45) is 8.22. The average molecular weight is 367 g/mol. The van der Waals surface area contributed by atoms with Crippen molar-refractivity contribution in [2.75, 3.05) is 26.2 Å². The molecule has 1 aliphatic heterocycles. The van der Waals surface area contributed by atoms with Gasteiger partial charge in [-0.25, -0.2) is 0 Å². The van der Waals surface area contributed by atoms with E-state index in [1.165, 1.54) is 39.2 Å². The fourth-order valence-corrected chi connectivity index (χ4v) is 4.85. The molecule has 0 aromatic rings. The number of carboxylic acids is 1. The summed E-state index contributed by atoms with van der Waals surface area (Å²) in [5.74, 6) is 0.615. The van der Waals surface area contributed by atoms with E-state index in [4.69, 9.17) is 5.11 Å². The number of amides is 1. The molecule has 5 heteroatoms. The number of hydrogen-bond acceptors (Lipinski definition) is 3. The van der Waals surface area contributed by atoms with E-state index in [1.807, 2.05) is 0 Å². The molecular weight excluding hydrogens is 328 g/mol. The number of likely N-dealkylation sites (tertiary alicyclic amines) is 1. The topological polar surface area (TPSA) is 60.9 Å². The molecule has 1 saturated carbocycles. The van der Waals surface area contributed by atoms with E-state index < -0.39 is 5.97 Å². The Labute approximate surface area is 159 Å². The smallest absolute Gasteiger partial charge is 0.323 e. The summed E-state index contributed by atoms with van der Waals surface area (Å²) >= 11 is 0. The van der Waals surface area contributed by atoms with Crippen molar-refractivity contribution in [2.24, 2.45) is 17.3 Å². The first-order valence-corrected chi connectivity index (χ1v) is 10.4. The van der Waals surface area contributed by atoms with Crippen LogP contribution in [0.3, 0.4) is 0 Å². The summed E-state index contributed by atoms with van der Waals surface area (Å²) in [6, 6.07) is 0.0743. The van der Waals surface area contributed by atoms with E-state index in [1.54, 1.807) is 4.90 Å². The first kappa shape index (κ1) is 21.2. The highest BCUT2D eigenvalue weighted by atomic mass is 16.4. The predicted octanol–water partition coefficient (Wildman–Crippen LogP) is 3.63. The maximum atomic E-state index is 11.9. The number of hydrogen-bond donors (Lipinski definition) is 1. The van der Waals surface area contributed by atoms with Gasteiger partial charge in [-0.2, -0.15) is 0 Å². The molecule has 2 rings (SSSR count). The van der Waals surface area contributed by atoms with E-state index >= 15 is 0 Å². The van der Waals surface area contributed by atoms with Crippen molar-refractivity contribution in [1.29, 1.82) is 0 Å². The summed E-state index contributed by atoms with van der Waals surface area (Å²) in [4.78, 5) is 27.0. The number of rotatable bonds is 5. The van der Waals surface area contributed by atoms with Crippen LogP contribution in [-0.2, 0) is 9.59 Å². The zero-order valence-corrected chi connectivity index (χ0v) is 17.2. The van der Waals surface area contributed by atoms with Crippen molar-refractivity contribution in [3.8, 4) is 0 Å². The Balaban J connectivity index is 1.81. The van der Waals surface area contributed by atoms with E-state index in [-0.39, 0.29) is 18.5 Å². The van der Waals surface area contributed by atoms with Gasteiger partial charge in [0.15, 0.2) is 0 Å². The zero-order valence-electron chi connectivity index (χ0n) is 17.2. The van der Waals surface area contributed by atoms with Crippen LogP contribution in [0.1, 0.15) is 72.6 Å². The van der Waals surface area contributed by atoms with Crippen molar-refractivity contribution < 1.29 is 14.7 Å². The van der Waals surface area contributed by atoms with Crippen LogP contribution in [-0.4, -0.2) is 59.0 Å². The van der Waals surface area contributed by atoms with E-state index in [9.17, 15) is 9.59 Å². The molecule has 5 nitrogen and oxygen atoms in total. The number of nitrogens with zero attached hydrogens (tertiary/aromatic N) is 2. The van der Waals surface area contributed by atoms with Crippen LogP contribution in [0.5, 0.6) is 0 Å². The summed E-state index contributed by atoms with van der Waals surface area (Å²) in [5.41, 5.74) is 0.432. The third kappa shape index (κ3) is 6.26. The van der Waals surface area contributed by atoms with E-state index in [2.05, 4.69) is 25.7 Å². The lowest BCUT2D eigenvalue weighted by Gasteiger charge is -2.38. The summed E-state index contributed by atoms with van der Waals surface area (Å²) in [7, 11) is 0. The fourth-order valence-electron chi connectivity index (χ4n) is 4.85. The maximum Gasteiger partial charge on any atom is 0.323 e. The first-order valence-electron chi connectivity index (χ1n) is 10.4. The molecule has 0 spiro atoms. The number of aliphatic carboxylic acids is 1. The van der Waals surface area contributed by atoms with Gasteiger partial charge in [0, 0.05) is 26.1 Å². The third-order valence-electron chi connectivity index (χ3n) is 6.53. The standard InChI is InChI=1S/C21H38N2O3/c1-16(24)23(15-20(25)26)19-6-5-12-22(13-11-19)14-17-7-9-18(10-8-17)21(2,3)4/h17-19H,5-15H2,1-4H3,(H,25,26). The summed E-state index contributed by atoms with van der Waals surface area (Å²) in [6.45, 7) is 11.6. The van der Waals surface area contributed by atoms with Crippen LogP contribution < -0.4 is 0 Å². The Bertz CT molecular complexity index is 478. The lowest BCUT2D eigenvalue weighted by Crippen LogP contribution is -2.43. The van der Waals surface area contributed by atoms with Crippen LogP contribution >= 0.6 is 0 Å². The van der Waals surface area contributed by atoms with Crippen LogP contribution in [0.4, 0.5) is 0 Å². The lowest BCUT2D eigenvalue weighted by atomic mass is 9.70. The lowest BCUT2D eigenvalue weighted by molar-refractivity contribution is -0.145. The molecule has 1 aliphatic carbocycles. The normalized spacial score (nSPS) is 28.4. The molecule has 1 atom stereocenters. The minimum absolute atomic E-state index is 0.0743. The molecule has 1 amide bonds. The molecule has 1 unspecified atom stereocenters. The van der Waals surface area contributed by atoms with Gasteiger partial charge in [-0.05, 0) is 68.7 Å². The summed E-state index contributed by atoms with van der Waals surface area (Å²) < 4.78 is 0. The van der Waals surface area contributed by atoms with Gasteiger partial charge in [-0.1, -0.05) is 20.8 Å². The number of carboxylic acid groups (broad SMARTS) is 1. The molecular formula is C21H38N2O3. The van der Waals surface area contributed by atoms with Gasteiger partial charge in [-0.3, -0.25) is 9.59 Å². The number of carbonyl (C=O) groups excluding carboxylic acids is 1. The van der Waals surface area contributed by atoms with Gasteiger partial charge in [0.25, 0.3) is 0 Å². The highest BCUT2D eigenvalue weighted by molar-refractivity contribution is 5.79. The molecule has 1 saturated heterocycles. The highest BCUT2D eigenvalue weighted by Gasteiger charge is 2.31. The Hall–Kier alpha value is -1.10. The van der Waals surface area contributed by atoms with Crippen molar-refractivity contribution in [2.45, 2.75) is 78.7 Å². The third-order valence-corrected chi connectivity index (χ3v) is 6.53. The molecule has 1 heterocycles. The van der Waals surface area contributed by atoms with Gasteiger partial charge in [0.05, 0.1) is 0 Å². The average Bonchev–Trinajstić information content (AvgIpc) is 2.77. The quantitative estimate of drug-likeness (QED) is 0.807. The first-order chi connectivity index (χ1) is 12.2. The maximum absolute atomic E-state index is 11.9. The van der Waals surface area contributed by atoms with Crippen molar-refractivity contribution in [1.82, 2.24) is 9.80 Å². The fraction of sp³-hybridized carbons (Fsp3) is 0.905. The highest BCUT2D eigenvalue weighted by Crippen LogP contribution is 2.40. The van der Waals surface area contributed by atoms with Crippen molar-refractivity contribution in [3.63, 3.8) is 0 Å². The van der Waals surface area contributed by atoms with Crippen LogP contribution in [0, 0.1) is 17.3 Å². The molecule has 26 heavy (non-hydrogen) atoms. The molecule has 0 radical (unpaired) electrons. The second kappa shape index (κ2) is 9.20. The SMILES string of the molecule is CC(=O)N(CC(=O)O)C1CCCN(CC2CCC(C(C)(C)C)CC2)CC1. The van der Waals surface area contributed by atoms with Gasteiger partial charge in [0.2, 0.25) is 5.91 Å². The van der Waals surface area contributed by atoms with Gasteiger partial charge in [-0.15, -0.1) is 0 Å². The van der Waals surface area contributed by atoms with Crippen LogP contribution in [0.2, 0.25) is 0 Å². The Kier molecular flexibility index (Phi) is 7.51. The predicted molar refractivity (Wildman–Crippen MR) is 104 cm³/mol. The molecule has 2 fully saturated rings. The molecule has 2 aliphatic rings. The van der Waals surface area contributed by atoms with E-state index in [0.29, 0.717) is 5.41 Å². The van der Waals surface area contributed by atoms with Crippen molar-refractivity contribution in [3.05, 3.63) is 0 Å².